The second-order valence-electron chi connectivity index (χ2n) is 7.78. The van der Waals surface area contributed by atoms with E-state index >= 15 is 0 Å². The highest BCUT2D eigenvalue weighted by molar-refractivity contribution is 7.15. The van der Waals surface area contributed by atoms with Crippen molar-refractivity contribution in [1.29, 1.82) is 0 Å². The zero-order valence-corrected chi connectivity index (χ0v) is 17.1. The van der Waals surface area contributed by atoms with E-state index in [4.69, 9.17) is 0 Å². The number of imide groups is 1. The standard InChI is InChI=1S/C21H24N4O3S/c1-14-7-5-6-10-21(14)18(27)25(20(28)24-21)13-17(26)23-19-22-12-16(29-19)11-15-8-3-2-4-9-15/h2-4,8-9,12,14H,5-7,10-11,13H2,1H3,(H,24,28)(H,22,23,26)/t14-,21-/m0/s1. The zero-order chi connectivity index (χ0) is 20.4. The summed E-state index contributed by atoms with van der Waals surface area (Å²) in [6.45, 7) is 1.69. The van der Waals surface area contributed by atoms with E-state index in [1.165, 1.54) is 16.9 Å². The Bertz CT molecular complexity index is 929. The van der Waals surface area contributed by atoms with Crippen molar-refractivity contribution < 1.29 is 14.4 Å². The molecule has 1 aliphatic heterocycles. The molecule has 1 aliphatic carbocycles. The van der Waals surface area contributed by atoms with Crippen molar-refractivity contribution >= 4 is 34.3 Å². The number of thiazole rings is 1. The first-order valence-electron chi connectivity index (χ1n) is 9.90. The van der Waals surface area contributed by atoms with Crippen LogP contribution < -0.4 is 10.6 Å². The van der Waals surface area contributed by atoms with E-state index in [9.17, 15) is 14.4 Å². The van der Waals surface area contributed by atoms with Crippen LogP contribution in [0, 0.1) is 5.92 Å². The van der Waals surface area contributed by atoms with E-state index in [2.05, 4.69) is 15.6 Å². The second kappa shape index (κ2) is 7.94. The van der Waals surface area contributed by atoms with Gasteiger partial charge in [-0.05, 0) is 24.3 Å². The molecule has 8 heteroatoms. The molecule has 2 aromatic rings. The van der Waals surface area contributed by atoms with Crippen molar-refractivity contribution in [2.24, 2.45) is 5.92 Å². The lowest BCUT2D eigenvalue weighted by Crippen LogP contribution is -2.54. The number of amides is 4. The van der Waals surface area contributed by atoms with Gasteiger partial charge in [0.25, 0.3) is 5.91 Å². The van der Waals surface area contributed by atoms with E-state index in [-0.39, 0.29) is 18.4 Å². The Morgan fingerprint density at radius 2 is 2.10 bits per heavy atom. The quantitative estimate of drug-likeness (QED) is 0.738. The molecule has 2 heterocycles. The van der Waals surface area contributed by atoms with Crippen LogP contribution in [-0.4, -0.2) is 39.8 Å². The number of aromatic nitrogens is 1. The molecule has 29 heavy (non-hydrogen) atoms. The number of nitrogens with zero attached hydrogens (tertiary/aromatic N) is 2. The molecule has 1 aromatic heterocycles. The van der Waals surface area contributed by atoms with Crippen LogP contribution >= 0.6 is 11.3 Å². The number of carbonyl (C=O) groups is 3. The molecule has 2 N–H and O–H groups in total. The van der Waals surface area contributed by atoms with Gasteiger partial charge in [-0.25, -0.2) is 9.78 Å². The maximum atomic E-state index is 12.9. The van der Waals surface area contributed by atoms with E-state index in [0.717, 1.165) is 35.5 Å². The normalized spacial score (nSPS) is 24.0. The summed E-state index contributed by atoms with van der Waals surface area (Å²) < 4.78 is 0. The molecule has 0 bridgehead atoms. The van der Waals surface area contributed by atoms with Gasteiger partial charge in [0.05, 0.1) is 0 Å². The summed E-state index contributed by atoms with van der Waals surface area (Å²) in [5.74, 6) is -0.636. The number of benzene rings is 1. The largest absolute Gasteiger partial charge is 0.325 e. The van der Waals surface area contributed by atoms with Crippen molar-refractivity contribution in [2.45, 2.75) is 44.6 Å². The highest BCUT2D eigenvalue weighted by Gasteiger charge is 2.55. The Balaban J connectivity index is 1.37. The smallest absolute Gasteiger partial charge is 0.323 e. The minimum absolute atomic E-state index is 0.0697. The number of rotatable bonds is 5. The van der Waals surface area contributed by atoms with Gasteiger partial charge in [0.1, 0.15) is 12.1 Å². The van der Waals surface area contributed by atoms with Gasteiger partial charge in [0.15, 0.2) is 5.13 Å². The molecule has 1 spiro atoms. The van der Waals surface area contributed by atoms with Crippen LogP contribution in [0.25, 0.3) is 0 Å². The van der Waals surface area contributed by atoms with E-state index in [1.54, 1.807) is 6.20 Å². The number of hydrogen-bond donors (Lipinski definition) is 2. The third-order valence-electron chi connectivity index (χ3n) is 5.82. The summed E-state index contributed by atoms with van der Waals surface area (Å²) in [4.78, 5) is 44.1. The predicted molar refractivity (Wildman–Crippen MR) is 111 cm³/mol. The van der Waals surface area contributed by atoms with Crippen LogP contribution in [0.1, 0.15) is 43.0 Å². The summed E-state index contributed by atoms with van der Waals surface area (Å²) in [6.07, 6.45) is 5.96. The third-order valence-corrected chi connectivity index (χ3v) is 6.74. The Kier molecular flexibility index (Phi) is 5.36. The maximum Gasteiger partial charge on any atom is 0.325 e. The van der Waals surface area contributed by atoms with Crippen LogP contribution in [0.4, 0.5) is 9.93 Å². The fourth-order valence-corrected chi connectivity index (χ4v) is 5.05. The fourth-order valence-electron chi connectivity index (χ4n) is 4.19. The van der Waals surface area contributed by atoms with Crippen LogP contribution in [-0.2, 0) is 16.0 Å². The molecule has 2 atom stereocenters. The average molecular weight is 413 g/mol. The van der Waals surface area contributed by atoms with Crippen molar-refractivity contribution in [2.75, 3.05) is 11.9 Å². The average Bonchev–Trinajstić information content (AvgIpc) is 3.23. The second-order valence-corrected chi connectivity index (χ2v) is 8.90. The number of anilines is 1. The first-order chi connectivity index (χ1) is 14.0. The lowest BCUT2D eigenvalue weighted by molar-refractivity contribution is -0.136. The van der Waals surface area contributed by atoms with Crippen LogP contribution in [0.15, 0.2) is 36.5 Å². The van der Waals surface area contributed by atoms with Crippen LogP contribution in [0.3, 0.4) is 0 Å². The van der Waals surface area contributed by atoms with Gasteiger partial charge < -0.3 is 10.6 Å². The number of hydrogen-bond acceptors (Lipinski definition) is 5. The van der Waals surface area contributed by atoms with Crippen LogP contribution in [0.2, 0.25) is 0 Å². The number of nitrogens with one attached hydrogen (secondary N) is 2. The summed E-state index contributed by atoms with van der Waals surface area (Å²) in [6, 6.07) is 9.53. The number of carbonyl (C=O) groups excluding carboxylic acids is 3. The van der Waals surface area contributed by atoms with Crippen molar-refractivity contribution in [3.63, 3.8) is 0 Å². The zero-order valence-electron chi connectivity index (χ0n) is 16.3. The van der Waals surface area contributed by atoms with E-state index in [1.807, 2.05) is 37.3 Å². The van der Waals surface area contributed by atoms with Gasteiger partial charge in [-0.15, -0.1) is 11.3 Å². The summed E-state index contributed by atoms with van der Waals surface area (Å²) in [5.41, 5.74) is 0.319. The molecule has 0 unspecified atom stereocenters. The van der Waals surface area contributed by atoms with Gasteiger partial charge in [-0.2, -0.15) is 0 Å². The van der Waals surface area contributed by atoms with Gasteiger partial charge in [0, 0.05) is 17.5 Å². The van der Waals surface area contributed by atoms with Crippen molar-refractivity contribution in [1.82, 2.24) is 15.2 Å². The highest BCUT2D eigenvalue weighted by atomic mass is 32.1. The lowest BCUT2D eigenvalue weighted by atomic mass is 9.73. The molecule has 1 aromatic carbocycles. The minimum Gasteiger partial charge on any atom is -0.323 e. The monoisotopic (exact) mass is 412 g/mol. The molecule has 7 nitrogen and oxygen atoms in total. The lowest BCUT2D eigenvalue weighted by Gasteiger charge is -2.36. The van der Waals surface area contributed by atoms with Crippen LogP contribution in [0.5, 0.6) is 0 Å². The maximum absolute atomic E-state index is 12.9. The number of urea groups is 1. The van der Waals surface area contributed by atoms with Gasteiger partial charge >= 0.3 is 6.03 Å². The fraction of sp³-hybridized carbons (Fsp3) is 0.429. The first-order valence-corrected chi connectivity index (χ1v) is 10.7. The molecule has 4 rings (SSSR count). The third kappa shape index (κ3) is 3.89. The Morgan fingerprint density at radius 1 is 1.31 bits per heavy atom. The molecule has 0 radical (unpaired) electrons. The summed E-state index contributed by atoms with van der Waals surface area (Å²) in [7, 11) is 0. The molecule has 4 amide bonds. The summed E-state index contributed by atoms with van der Waals surface area (Å²) in [5, 5.41) is 6.04. The molecule has 1 saturated heterocycles. The Labute approximate surface area is 173 Å². The topological polar surface area (TPSA) is 91.4 Å². The molecule has 2 aliphatic rings. The minimum atomic E-state index is -0.848. The first kappa shape index (κ1) is 19.6. The Hall–Kier alpha value is -2.74. The molecule has 2 fully saturated rings. The molecule has 152 valence electrons. The SMILES string of the molecule is C[C@H]1CCCC[C@]12NC(=O)N(CC(=O)Nc1ncc(Cc3ccccc3)s1)C2=O. The molecular weight excluding hydrogens is 388 g/mol. The highest BCUT2D eigenvalue weighted by Crippen LogP contribution is 2.38. The summed E-state index contributed by atoms with van der Waals surface area (Å²) >= 11 is 1.39. The van der Waals surface area contributed by atoms with E-state index in [0.29, 0.717) is 11.6 Å². The van der Waals surface area contributed by atoms with Gasteiger partial charge in [0.2, 0.25) is 5.91 Å². The van der Waals surface area contributed by atoms with Crippen molar-refractivity contribution in [3.05, 3.63) is 47.0 Å². The van der Waals surface area contributed by atoms with Crippen molar-refractivity contribution in [3.8, 4) is 0 Å². The molecular formula is C21H24N4O3S. The van der Waals surface area contributed by atoms with Gasteiger partial charge in [-0.1, -0.05) is 50.1 Å². The van der Waals surface area contributed by atoms with Gasteiger partial charge in [-0.3, -0.25) is 14.5 Å². The molecule has 1 saturated carbocycles. The Morgan fingerprint density at radius 3 is 2.86 bits per heavy atom. The van der Waals surface area contributed by atoms with E-state index < -0.39 is 17.5 Å². The predicted octanol–water partition coefficient (Wildman–Crippen LogP) is 3.17.